The number of allylic oxidation sites excluding steroid dienone is 2. The third kappa shape index (κ3) is 11.7. The van der Waals surface area contributed by atoms with Crippen molar-refractivity contribution >= 4 is 77.0 Å². The van der Waals surface area contributed by atoms with Crippen molar-refractivity contribution in [2.45, 2.75) is 65.1 Å². The van der Waals surface area contributed by atoms with Crippen LogP contribution in [0.25, 0.3) is 6.08 Å². The second kappa shape index (κ2) is 21.0. The highest BCUT2D eigenvalue weighted by Crippen LogP contribution is 2.35. The molecule has 70 heavy (non-hydrogen) atoms. The molecule has 0 saturated heterocycles. The zero-order valence-electron chi connectivity index (χ0n) is 38.2. The summed E-state index contributed by atoms with van der Waals surface area (Å²) in [5.41, 5.74) is 3.28. The summed E-state index contributed by atoms with van der Waals surface area (Å²) in [5.74, 6) is -2.57. The summed E-state index contributed by atoms with van der Waals surface area (Å²) in [6, 6.07) is 15.9. The summed E-state index contributed by atoms with van der Waals surface area (Å²) in [7, 11) is 0. The summed E-state index contributed by atoms with van der Waals surface area (Å²) >= 11 is 0. The first-order chi connectivity index (χ1) is 33.3. The van der Waals surface area contributed by atoms with Crippen LogP contribution in [0.5, 0.6) is 0 Å². The molecule has 5 aromatic rings. The number of amides is 5. The van der Waals surface area contributed by atoms with E-state index in [2.05, 4.69) is 48.4 Å². The first-order valence-electron chi connectivity index (χ1n) is 22.2. The largest absolute Gasteiger partial charge is 0.737 e. The van der Waals surface area contributed by atoms with Gasteiger partial charge in [0.2, 0.25) is 23.7 Å². The van der Waals surface area contributed by atoms with Gasteiger partial charge in [-0.15, -0.1) is 0 Å². The van der Waals surface area contributed by atoms with Gasteiger partial charge in [-0.2, -0.15) is 13.2 Å². The quantitative estimate of drug-likeness (QED) is 0.0218. The van der Waals surface area contributed by atoms with E-state index >= 15 is 8.63 Å². The van der Waals surface area contributed by atoms with Crippen molar-refractivity contribution in [3.8, 4) is 0 Å². The van der Waals surface area contributed by atoms with E-state index in [1.807, 2.05) is 0 Å². The van der Waals surface area contributed by atoms with E-state index in [0.717, 1.165) is 38.8 Å². The highest BCUT2D eigenvalue weighted by Gasteiger charge is 2.52. The smallest absolute Gasteiger partial charge is 0.394 e. The SMILES string of the molecule is C=CC(=O)N[C@@H](CCCCNC(=O)CCC1=[N+]2C(=Cc3c(C)cc(C)n3[B-]2(F)F)C=C1)C(=O)Nc1cccc(Nc2ncc(NC(=O)c3cc(NC(=O)c4cccc(C(F)(F)F)c4)ccc3C)cn2)c1. The first kappa shape index (κ1) is 49.7. The number of aryl methyl sites for hydroxylation is 3. The predicted molar refractivity (Wildman–Crippen MR) is 257 cm³/mol. The molecule has 0 spiro atoms. The van der Waals surface area contributed by atoms with Crippen molar-refractivity contribution in [2.75, 3.05) is 27.8 Å². The number of benzene rings is 3. The van der Waals surface area contributed by atoms with Crippen molar-refractivity contribution in [3.05, 3.63) is 155 Å². The zero-order valence-corrected chi connectivity index (χ0v) is 38.2. The van der Waals surface area contributed by atoms with E-state index in [1.165, 1.54) is 30.6 Å². The molecule has 1 atom stereocenters. The lowest BCUT2D eigenvalue weighted by Gasteiger charge is -2.30. The highest BCUT2D eigenvalue weighted by atomic mass is 19.4. The summed E-state index contributed by atoms with van der Waals surface area (Å²) in [6.45, 7) is 4.73. The number of unbranched alkanes of at least 4 members (excludes halogenated alkanes) is 1. The van der Waals surface area contributed by atoms with Crippen LogP contribution in [-0.4, -0.2) is 73.7 Å². The number of fused-ring (bicyclic) bond motifs is 2. The summed E-state index contributed by atoms with van der Waals surface area (Å²) in [6.07, 6.45) is 5.37. The standard InChI is InChI=1S/C49H48BF5N10O5/c1-5-43(66)63-41(14-6-7-21-56-44(67)20-19-38-17-18-39-26-42-30(3)22-31(4)64(42)50(54,55)65(38)39)47(70)60-34-12-9-13-35(24-34)62-48-57-27-37(28-58-48)61-46(69)40-25-36(16-15-29(40)2)59-45(68)32-10-8-11-33(23-32)49(51,52)53/h5,8-13,15-18,22-28,41H,1,6-7,14,19-21H2,2-4H3,(H,56,67)(H,59,68)(H,60,70)(H,61,69)(H,63,66)(H,57,58,62)/t41-/m0/s1. The topological polar surface area (TPSA) is 191 Å². The third-order valence-electron chi connectivity index (χ3n) is 11.6. The van der Waals surface area contributed by atoms with Gasteiger partial charge in [0.1, 0.15) is 11.8 Å². The van der Waals surface area contributed by atoms with Crippen molar-refractivity contribution < 1.29 is 50.3 Å². The van der Waals surface area contributed by atoms with Crippen molar-refractivity contribution in [2.24, 2.45) is 0 Å². The second-order valence-corrected chi connectivity index (χ2v) is 16.7. The number of halogens is 5. The van der Waals surface area contributed by atoms with Gasteiger partial charge in [-0.1, -0.05) is 24.8 Å². The Morgan fingerprint density at radius 3 is 2.27 bits per heavy atom. The van der Waals surface area contributed by atoms with Crippen LogP contribution in [0.1, 0.15) is 80.9 Å². The Morgan fingerprint density at radius 2 is 1.53 bits per heavy atom. The average Bonchev–Trinajstić information content (AvgIpc) is 3.88. The number of rotatable bonds is 18. The molecule has 5 amide bonds. The summed E-state index contributed by atoms with van der Waals surface area (Å²) in [4.78, 5) is 73.0. The Bertz CT molecular complexity index is 2980. The van der Waals surface area contributed by atoms with Gasteiger partial charge >= 0.3 is 13.1 Å². The molecule has 2 aliphatic heterocycles. The van der Waals surface area contributed by atoms with Crippen LogP contribution >= 0.6 is 0 Å². The van der Waals surface area contributed by atoms with Crippen LogP contribution in [0.2, 0.25) is 0 Å². The molecule has 2 aromatic heterocycles. The van der Waals surface area contributed by atoms with Gasteiger partial charge < -0.3 is 49.5 Å². The molecule has 0 aliphatic carbocycles. The van der Waals surface area contributed by atoms with Crippen LogP contribution in [0, 0.1) is 20.8 Å². The van der Waals surface area contributed by atoms with E-state index in [4.69, 9.17) is 0 Å². The van der Waals surface area contributed by atoms with E-state index in [0.29, 0.717) is 52.6 Å². The molecule has 0 fully saturated rings. The molecule has 0 bridgehead atoms. The van der Waals surface area contributed by atoms with Crippen molar-refractivity contribution in [1.29, 1.82) is 0 Å². The highest BCUT2D eigenvalue weighted by molar-refractivity contribution is 6.58. The Kier molecular flexibility index (Phi) is 14.9. The molecule has 3 aromatic carbocycles. The van der Waals surface area contributed by atoms with Crippen molar-refractivity contribution in [1.82, 2.24) is 25.1 Å². The van der Waals surface area contributed by atoms with Crippen LogP contribution in [0.3, 0.4) is 0 Å². The number of carbonyl (C=O) groups excluding carboxylic acids is 5. The lowest BCUT2D eigenvalue weighted by molar-refractivity contribution is -0.362. The van der Waals surface area contributed by atoms with Gasteiger partial charge in [-0.25, -0.2) is 9.97 Å². The molecule has 7 rings (SSSR count). The molecule has 15 nitrogen and oxygen atoms in total. The normalized spacial score (nSPS) is 13.9. The molecule has 0 unspecified atom stereocenters. The molecule has 21 heteroatoms. The molecule has 2 aliphatic rings. The number of hydrogen-bond acceptors (Lipinski definition) is 8. The molecule has 4 heterocycles. The molecular weight excluding hydrogens is 914 g/mol. The maximum atomic E-state index is 15.7. The van der Waals surface area contributed by atoms with Crippen LogP contribution < -0.4 is 31.9 Å². The maximum absolute atomic E-state index is 15.7. The van der Waals surface area contributed by atoms with Gasteiger partial charge in [-0.05, 0) is 118 Å². The number of aromatic nitrogens is 3. The minimum Gasteiger partial charge on any atom is -0.394 e. The monoisotopic (exact) mass is 962 g/mol. The Morgan fingerprint density at radius 1 is 0.814 bits per heavy atom. The molecule has 362 valence electrons. The molecule has 0 radical (unpaired) electrons. The maximum Gasteiger partial charge on any atom is 0.737 e. The minimum absolute atomic E-state index is 0.00155. The Labute approximate surface area is 399 Å². The van der Waals surface area contributed by atoms with Gasteiger partial charge in [0, 0.05) is 71.5 Å². The van der Waals surface area contributed by atoms with Crippen molar-refractivity contribution in [3.63, 3.8) is 0 Å². The average molecular weight is 963 g/mol. The van der Waals surface area contributed by atoms with Gasteiger partial charge in [0.15, 0.2) is 5.70 Å². The van der Waals surface area contributed by atoms with E-state index in [-0.39, 0.29) is 60.2 Å². The molecule has 6 N–H and O–H groups in total. The number of nitrogens with one attached hydrogen (secondary N) is 6. The number of nitrogens with zero attached hydrogens (tertiary/aromatic N) is 4. The summed E-state index contributed by atoms with van der Waals surface area (Å²) < 4.78 is 73.1. The Balaban J connectivity index is 0.874. The van der Waals surface area contributed by atoms with Gasteiger partial charge in [0.25, 0.3) is 11.8 Å². The number of alkyl halides is 3. The van der Waals surface area contributed by atoms with E-state index < -0.39 is 48.4 Å². The van der Waals surface area contributed by atoms with Crippen LogP contribution in [0.15, 0.2) is 116 Å². The predicted octanol–water partition coefficient (Wildman–Crippen LogP) is 8.45. The lowest BCUT2D eigenvalue weighted by atomic mass is 9.90. The fraction of sp³-hybridized carbons (Fsp3) is 0.224. The van der Waals surface area contributed by atoms with E-state index in [1.54, 1.807) is 75.4 Å². The lowest BCUT2D eigenvalue weighted by Crippen LogP contribution is -2.50. The second-order valence-electron chi connectivity index (χ2n) is 16.7. The van der Waals surface area contributed by atoms with Gasteiger partial charge in [0.05, 0.1) is 23.6 Å². The number of anilines is 5. The fourth-order valence-corrected chi connectivity index (χ4v) is 8.10. The zero-order chi connectivity index (χ0) is 50.3. The minimum atomic E-state index is -4.63. The van der Waals surface area contributed by atoms with Crippen LogP contribution in [0.4, 0.5) is 50.5 Å². The van der Waals surface area contributed by atoms with Gasteiger partial charge in [-0.3, -0.25) is 24.0 Å². The van der Waals surface area contributed by atoms with E-state index in [9.17, 15) is 37.1 Å². The van der Waals surface area contributed by atoms with Crippen LogP contribution in [-0.2, 0) is 20.6 Å². The number of hydrogen-bond donors (Lipinski definition) is 6. The molecular formula is C49H48BF5N10O5. The fourth-order valence-electron chi connectivity index (χ4n) is 8.10. The number of carbonyl (C=O) groups is 5. The molecule has 0 saturated carbocycles. The third-order valence-corrected chi connectivity index (χ3v) is 11.6. The Hall–Kier alpha value is -8.23. The first-order valence-corrected chi connectivity index (χ1v) is 22.2. The summed E-state index contributed by atoms with van der Waals surface area (Å²) in [5, 5.41) is 16.5.